The zero-order valence-corrected chi connectivity index (χ0v) is 14.7. The van der Waals surface area contributed by atoms with Gasteiger partial charge in [-0.2, -0.15) is 10.5 Å². The molecule has 0 aliphatic carbocycles. The number of pyridine rings is 1. The summed E-state index contributed by atoms with van der Waals surface area (Å²) in [5.41, 5.74) is 7.95. The quantitative estimate of drug-likeness (QED) is 0.799. The highest BCUT2D eigenvalue weighted by atomic mass is 32.2. The fraction of sp³-hybridized carbons (Fsp3) is 0.222. The molecule has 7 heteroatoms. The molecule has 6 nitrogen and oxygen atoms in total. The van der Waals surface area contributed by atoms with E-state index in [2.05, 4.69) is 24.1 Å². The summed E-state index contributed by atoms with van der Waals surface area (Å²) in [5.74, 6) is 0.348. The molecule has 1 aromatic carbocycles. The van der Waals surface area contributed by atoms with Crippen LogP contribution in [-0.2, 0) is 4.79 Å². The van der Waals surface area contributed by atoms with E-state index in [0.717, 1.165) is 11.8 Å². The normalized spacial score (nSPS) is 10.1. The van der Waals surface area contributed by atoms with Gasteiger partial charge in [-0.25, -0.2) is 4.98 Å². The first-order valence-electron chi connectivity index (χ1n) is 7.58. The smallest absolute Gasteiger partial charge is 0.234 e. The van der Waals surface area contributed by atoms with Crippen LogP contribution >= 0.6 is 11.8 Å². The molecule has 25 heavy (non-hydrogen) atoms. The van der Waals surface area contributed by atoms with Gasteiger partial charge < -0.3 is 11.1 Å². The minimum atomic E-state index is -0.212. The molecule has 0 aliphatic rings. The van der Waals surface area contributed by atoms with Crippen molar-refractivity contribution >= 4 is 29.2 Å². The van der Waals surface area contributed by atoms with Crippen LogP contribution in [0.1, 0.15) is 36.5 Å². The number of nitrogens with two attached hydrogens (primary N) is 1. The average Bonchev–Trinajstić information content (AvgIpc) is 2.60. The fourth-order valence-electron chi connectivity index (χ4n) is 2.07. The van der Waals surface area contributed by atoms with E-state index in [9.17, 15) is 4.79 Å². The van der Waals surface area contributed by atoms with E-state index in [-0.39, 0.29) is 28.6 Å². The number of nitrogen functional groups attached to an aromatic ring is 1. The summed E-state index contributed by atoms with van der Waals surface area (Å²) in [6.45, 7) is 4.21. The standard InChI is InChI=1S/C18H17N5OS/c1-11(2)12-3-5-15(6-4-12)22-16(24)10-25-18-14(9-20)7-13(8-19)17(21)23-18/h3-7,11H,10H2,1-2H3,(H2,21,23)(H,22,24). The number of anilines is 2. The molecule has 0 aliphatic heterocycles. The van der Waals surface area contributed by atoms with Gasteiger partial charge in [0.2, 0.25) is 5.91 Å². The molecule has 0 atom stereocenters. The summed E-state index contributed by atoms with van der Waals surface area (Å²) in [4.78, 5) is 16.1. The summed E-state index contributed by atoms with van der Waals surface area (Å²) in [7, 11) is 0. The van der Waals surface area contributed by atoms with Gasteiger partial charge >= 0.3 is 0 Å². The van der Waals surface area contributed by atoms with Crippen molar-refractivity contribution in [3.63, 3.8) is 0 Å². The first-order chi connectivity index (χ1) is 11.9. The number of carbonyl (C=O) groups is 1. The lowest BCUT2D eigenvalue weighted by Crippen LogP contribution is -2.14. The SMILES string of the molecule is CC(C)c1ccc(NC(=O)CSc2nc(N)c(C#N)cc2C#N)cc1. The Morgan fingerprint density at radius 3 is 2.44 bits per heavy atom. The molecule has 2 rings (SSSR count). The second-order valence-electron chi connectivity index (χ2n) is 5.61. The average molecular weight is 351 g/mol. The highest BCUT2D eigenvalue weighted by molar-refractivity contribution is 8.00. The van der Waals surface area contributed by atoms with Crippen LogP contribution in [0.5, 0.6) is 0 Å². The largest absolute Gasteiger partial charge is 0.383 e. The van der Waals surface area contributed by atoms with Gasteiger partial charge in [0, 0.05) is 5.69 Å². The molecular formula is C18H17N5OS. The van der Waals surface area contributed by atoms with Crippen molar-refractivity contribution in [2.45, 2.75) is 24.8 Å². The number of hydrogen-bond donors (Lipinski definition) is 2. The van der Waals surface area contributed by atoms with Crippen molar-refractivity contribution in [3.05, 3.63) is 47.0 Å². The third kappa shape index (κ3) is 4.72. The van der Waals surface area contributed by atoms with Gasteiger partial charge in [0.05, 0.1) is 16.9 Å². The topological polar surface area (TPSA) is 116 Å². The number of benzene rings is 1. The molecule has 0 unspecified atom stereocenters. The molecule has 0 fully saturated rings. The van der Waals surface area contributed by atoms with E-state index in [4.69, 9.17) is 16.3 Å². The van der Waals surface area contributed by atoms with Crippen molar-refractivity contribution in [2.24, 2.45) is 0 Å². The molecule has 126 valence electrons. The Balaban J connectivity index is 2.02. The van der Waals surface area contributed by atoms with Gasteiger partial charge in [0.15, 0.2) is 0 Å². The van der Waals surface area contributed by atoms with Crippen molar-refractivity contribution in [1.82, 2.24) is 4.98 Å². The minimum Gasteiger partial charge on any atom is -0.383 e. The van der Waals surface area contributed by atoms with Crippen LogP contribution in [0.3, 0.4) is 0 Å². The summed E-state index contributed by atoms with van der Waals surface area (Å²) >= 11 is 1.11. The van der Waals surface area contributed by atoms with Crippen LogP contribution < -0.4 is 11.1 Å². The molecule has 1 aromatic heterocycles. The highest BCUT2D eigenvalue weighted by Crippen LogP contribution is 2.24. The van der Waals surface area contributed by atoms with Crippen LogP contribution in [0.2, 0.25) is 0 Å². The first kappa shape index (κ1) is 18.3. The number of aromatic nitrogens is 1. The Labute approximate surface area is 150 Å². The van der Waals surface area contributed by atoms with Crippen molar-refractivity contribution < 1.29 is 4.79 Å². The molecule has 1 amide bonds. The van der Waals surface area contributed by atoms with E-state index in [0.29, 0.717) is 16.6 Å². The zero-order chi connectivity index (χ0) is 18.4. The number of rotatable bonds is 5. The number of amides is 1. The Morgan fingerprint density at radius 1 is 1.24 bits per heavy atom. The van der Waals surface area contributed by atoms with Crippen molar-refractivity contribution in [2.75, 3.05) is 16.8 Å². The minimum absolute atomic E-state index is 0.0497. The third-order valence-corrected chi connectivity index (χ3v) is 4.45. The molecule has 0 saturated heterocycles. The van der Waals surface area contributed by atoms with Crippen molar-refractivity contribution in [1.29, 1.82) is 10.5 Å². The second-order valence-corrected chi connectivity index (χ2v) is 6.58. The van der Waals surface area contributed by atoms with Gasteiger partial charge in [-0.1, -0.05) is 37.7 Å². The Bertz CT molecular complexity index is 863. The molecule has 1 heterocycles. The Kier molecular flexibility index (Phi) is 5.99. The third-order valence-electron chi connectivity index (χ3n) is 3.46. The van der Waals surface area contributed by atoms with Gasteiger partial charge in [-0.05, 0) is 29.7 Å². The molecular weight excluding hydrogens is 334 g/mol. The molecule has 0 saturated carbocycles. The number of thioether (sulfide) groups is 1. The highest BCUT2D eigenvalue weighted by Gasteiger charge is 2.12. The number of nitriles is 2. The summed E-state index contributed by atoms with van der Waals surface area (Å²) in [5, 5.41) is 21.2. The predicted molar refractivity (Wildman–Crippen MR) is 98.0 cm³/mol. The number of hydrogen-bond acceptors (Lipinski definition) is 6. The maximum atomic E-state index is 12.1. The van der Waals surface area contributed by atoms with Gasteiger partial charge in [0.1, 0.15) is 23.0 Å². The van der Waals surface area contributed by atoms with E-state index < -0.39 is 0 Å². The predicted octanol–water partition coefficient (Wildman–Crippen LogP) is 3.26. The maximum absolute atomic E-state index is 12.1. The van der Waals surface area contributed by atoms with Crippen LogP contribution in [0, 0.1) is 22.7 Å². The summed E-state index contributed by atoms with van der Waals surface area (Å²) in [6, 6.07) is 12.9. The van der Waals surface area contributed by atoms with E-state index >= 15 is 0 Å². The lowest BCUT2D eigenvalue weighted by atomic mass is 10.0. The van der Waals surface area contributed by atoms with Gasteiger partial charge in [-0.3, -0.25) is 4.79 Å². The van der Waals surface area contributed by atoms with E-state index in [1.807, 2.05) is 36.4 Å². The lowest BCUT2D eigenvalue weighted by molar-refractivity contribution is -0.113. The van der Waals surface area contributed by atoms with Crippen LogP contribution in [-0.4, -0.2) is 16.6 Å². The lowest BCUT2D eigenvalue weighted by Gasteiger charge is -2.09. The summed E-state index contributed by atoms with van der Waals surface area (Å²) in [6.07, 6.45) is 0. The second kappa shape index (κ2) is 8.18. The molecule has 0 radical (unpaired) electrons. The van der Waals surface area contributed by atoms with E-state index in [1.54, 1.807) is 0 Å². The monoisotopic (exact) mass is 351 g/mol. The Hall–Kier alpha value is -3.03. The van der Waals surface area contributed by atoms with Crippen LogP contribution in [0.15, 0.2) is 35.4 Å². The Morgan fingerprint density at radius 2 is 1.88 bits per heavy atom. The van der Waals surface area contributed by atoms with Gasteiger partial charge in [-0.15, -0.1) is 0 Å². The van der Waals surface area contributed by atoms with Gasteiger partial charge in [0.25, 0.3) is 0 Å². The molecule has 0 spiro atoms. The first-order valence-corrected chi connectivity index (χ1v) is 8.56. The van der Waals surface area contributed by atoms with E-state index in [1.165, 1.54) is 11.6 Å². The fourth-order valence-corrected chi connectivity index (χ4v) is 2.83. The number of carbonyl (C=O) groups excluding carboxylic acids is 1. The van der Waals surface area contributed by atoms with Crippen LogP contribution in [0.25, 0.3) is 0 Å². The summed E-state index contributed by atoms with van der Waals surface area (Å²) < 4.78 is 0. The van der Waals surface area contributed by atoms with Crippen LogP contribution in [0.4, 0.5) is 11.5 Å². The molecule has 2 aromatic rings. The molecule has 3 N–H and O–H groups in total. The number of nitrogens with zero attached hydrogens (tertiary/aromatic N) is 3. The molecule has 0 bridgehead atoms. The number of nitrogens with one attached hydrogen (secondary N) is 1. The maximum Gasteiger partial charge on any atom is 0.234 e. The zero-order valence-electron chi connectivity index (χ0n) is 13.9. The van der Waals surface area contributed by atoms with Crippen molar-refractivity contribution in [3.8, 4) is 12.1 Å².